The van der Waals surface area contributed by atoms with Gasteiger partial charge in [-0.05, 0) is 67.9 Å². The minimum atomic E-state index is 0.00348. The van der Waals surface area contributed by atoms with Crippen molar-refractivity contribution in [3.63, 3.8) is 0 Å². The van der Waals surface area contributed by atoms with Gasteiger partial charge in [0.25, 0.3) is 0 Å². The van der Waals surface area contributed by atoms with Gasteiger partial charge in [0.15, 0.2) is 5.11 Å². The van der Waals surface area contributed by atoms with Crippen LogP contribution >= 0.6 is 12.2 Å². The Morgan fingerprint density at radius 3 is 2.57 bits per heavy atom. The molecule has 6 nitrogen and oxygen atoms in total. The quantitative estimate of drug-likeness (QED) is 0.498. The molecular formula is C28H35N5OS. The van der Waals surface area contributed by atoms with Crippen molar-refractivity contribution < 1.29 is 4.74 Å². The Hall–Kier alpha value is -2.74. The number of rotatable bonds is 7. The van der Waals surface area contributed by atoms with E-state index in [9.17, 15) is 0 Å². The van der Waals surface area contributed by atoms with Gasteiger partial charge in [-0.25, -0.2) is 0 Å². The monoisotopic (exact) mass is 489 g/mol. The molecule has 35 heavy (non-hydrogen) atoms. The van der Waals surface area contributed by atoms with E-state index in [2.05, 4.69) is 82.9 Å². The maximum Gasteiger partial charge on any atom is 0.170 e. The zero-order valence-electron chi connectivity index (χ0n) is 20.9. The molecule has 2 aliphatic rings. The van der Waals surface area contributed by atoms with Crippen molar-refractivity contribution in [2.24, 2.45) is 0 Å². The summed E-state index contributed by atoms with van der Waals surface area (Å²) in [6.45, 7) is 12.1. The maximum absolute atomic E-state index is 5.91. The van der Waals surface area contributed by atoms with Gasteiger partial charge in [-0.3, -0.25) is 9.88 Å². The van der Waals surface area contributed by atoms with Crippen LogP contribution in [0.2, 0.25) is 0 Å². The van der Waals surface area contributed by atoms with E-state index in [4.69, 9.17) is 21.9 Å². The van der Waals surface area contributed by atoms with Gasteiger partial charge < -0.3 is 19.5 Å². The lowest BCUT2D eigenvalue weighted by molar-refractivity contribution is 0.0350. The van der Waals surface area contributed by atoms with Crippen LogP contribution in [-0.4, -0.2) is 63.9 Å². The first kappa shape index (κ1) is 24.0. The lowest BCUT2D eigenvalue weighted by Crippen LogP contribution is -2.42. The van der Waals surface area contributed by atoms with Crippen LogP contribution in [0.5, 0.6) is 0 Å². The Balaban J connectivity index is 1.54. The van der Waals surface area contributed by atoms with Crippen molar-refractivity contribution in [3.8, 4) is 5.69 Å². The second-order valence-electron chi connectivity index (χ2n) is 9.42. The molecule has 0 aliphatic carbocycles. The molecule has 0 saturated carbocycles. The predicted octanol–water partition coefficient (Wildman–Crippen LogP) is 4.36. The first-order valence-corrected chi connectivity index (χ1v) is 13.0. The fraction of sp³-hybridized carbons (Fsp3) is 0.429. The van der Waals surface area contributed by atoms with Gasteiger partial charge in [0, 0.05) is 49.5 Å². The minimum Gasteiger partial charge on any atom is -0.379 e. The van der Waals surface area contributed by atoms with Gasteiger partial charge in [0.05, 0.1) is 31.0 Å². The number of pyridine rings is 1. The molecule has 3 aromatic rings. The van der Waals surface area contributed by atoms with Crippen molar-refractivity contribution in [3.05, 3.63) is 82.9 Å². The van der Waals surface area contributed by atoms with Crippen molar-refractivity contribution in [1.82, 2.24) is 24.7 Å². The Labute approximate surface area is 213 Å². The molecule has 2 saturated heterocycles. The van der Waals surface area contributed by atoms with Crippen molar-refractivity contribution in [2.75, 3.05) is 39.4 Å². The number of thiocarbonyl (C=S) groups is 1. The Kier molecular flexibility index (Phi) is 7.18. The number of aromatic nitrogens is 2. The summed E-state index contributed by atoms with van der Waals surface area (Å²) in [7, 11) is 0. The minimum absolute atomic E-state index is 0.00348. The molecule has 0 unspecified atom stereocenters. The average Bonchev–Trinajstić information content (AvgIpc) is 3.38. The molecule has 0 bridgehead atoms. The third-order valence-corrected chi connectivity index (χ3v) is 7.71. The molecule has 1 N–H and O–H groups in total. The molecule has 184 valence electrons. The summed E-state index contributed by atoms with van der Waals surface area (Å²) in [5.74, 6) is 0. The van der Waals surface area contributed by atoms with E-state index in [0.29, 0.717) is 0 Å². The Morgan fingerprint density at radius 1 is 1.06 bits per heavy atom. The molecule has 0 spiro atoms. The summed E-state index contributed by atoms with van der Waals surface area (Å²) in [6.07, 6.45) is 2.87. The van der Waals surface area contributed by atoms with Crippen molar-refractivity contribution >= 4 is 17.3 Å². The molecule has 5 rings (SSSR count). The van der Waals surface area contributed by atoms with E-state index in [1.165, 1.54) is 28.2 Å². The number of para-hydroxylation sites is 1. The molecule has 0 amide bonds. The Bertz CT molecular complexity index is 1170. The second kappa shape index (κ2) is 10.5. The molecule has 2 aliphatic heterocycles. The average molecular weight is 490 g/mol. The van der Waals surface area contributed by atoms with E-state index >= 15 is 0 Å². The normalized spacial score (nSPS) is 20.9. The van der Waals surface area contributed by atoms with Gasteiger partial charge in [0.1, 0.15) is 0 Å². The van der Waals surface area contributed by atoms with E-state index in [-0.39, 0.29) is 12.1 Å². The highest BCUT2D eigenvalue weighted by Gasteiger charge is 2.41. The number of aryl methyl sites for hydroxylation is 2. The molecule has 2 fully saturated rings. The van der Waals surface area contributed by atoms with Crippen LogP contribution < -0.4 is 5.32 Å². The fourth-order valence-electron chi connectivity index (χ4n) is 5.54. The van der Waals surface area contributed by atoms with Gasteiger partial charge >= 0.3 is 0 Å². The third-order valence-electron chi connectivity index (χ3n) is 7.36. The molecule has 4 heterocycles. The van der Waals surface area contributed by atoms with Gasteiger partial charge in [-0.2, -0.15) is 0 Å². The van der Waals surface area contributed by atoms with Crippen LogP contribution in [0.25, 0.3) is 5.69 Å². The molecule has 0 radical (unpaired) electrons. The van der Waals surface area contributed by atoms with E-state index in [1.54, 1.807) is 0 Å². The molecular weight excluding hydrogens is 454 g/mol. The van der Waals surface area contributed by atoms with E-state index < -0.39 is 0 Å². The number of ether oxygens (including phenoxy) is 1. The summed E-state index contributed by atoms with van der Waals surface area (Å²) in [4.78, 5) is 9.56. The summed E-state index contributed by atoms with van der Waals surface area (Å²) in [6, 6.07) is 17.3. The van der Waals surface area contributed by atoms with Crippen LogP contribution in [0.4, 0.5) is 0 Å². The number of benzene rings is 1. The summed E-state index contributed by atoms with van der Waals surface area (Å²) in [5.41, 5.74) is 7.44. The third kappa shape index (κ3) is 4.73. The highest BCUT2D eigenvalue weighted by Crippen LogP contribution is 2.41. The Morgan fingerprint density at radius 2 is 1.83 bits per heavy atom. The van der Waals surface area contributed by atoms with Crippen LogP contribution in [-0.2, 0) is 11.2 Å². The fourth-order valence-corrected chi connectivity index (χ4v) is 5.88. The summed E-state index contributed by atoms with van der Waals surface area (Å²) >= 11 is 5.91. The first-order valence-electron chi connectivity index (χ1n) is 12.6. The number of nitrogens with zero attached hydrogens (tertiary/aromatic N) is 4. The summed E-state index contributed by atoms with van der Waals surface area (Å²) in [5, 5.41) is 4.42. The largest absolute Gasteiger partial charge is 0.379 e. The highest BCUT2D eigenvalue weighted by molar-refractivity contribution is 7.80. The standard InChI is InChI=1S/C28H35N5OS/c1-4-22-9-5-6-11-25(22)33-20(2)19-23(21(33)3)27-26(24-10-7-8-12-29-24)30-28(35)32(27)14-13-31-15-17-34-18-16-31/h5-12,19,26-27H,4,13-18H2,1-3H3,(H,30,35)/t26-,27-/m1/s1. The summed E-state index contributed by atoms with van der Waals surface area (Å²) < 4.78 is 7.95. The zero-order chi connectivity index (χ0) is 24.4. The molecule has 2 atom stereocenters. The maximum atomic E-state index is 5.91. The number of hydrogen-bond acceptors (Lipinski definition) is 4. The number of morpholine rings is 1. The SMILES string of the molecule is CCc1ccccc1-n1c(C)cc([C@@H]2[C@@H](c3ccccn3)NC(=S)N2CCN2CCOCC2)c1C. The first-order chi connectivity index (χ1) is 17.1. The number of nitrogens with one attached hydrogen (secondary N) is 1. The molecule has 1 aromatic carbocycles. The van der Waals surface area contributed by atoms with Gasteiger partial charge in [-0.1, -0.05) is 31.2 Å². The van der Waals surface area contributed by atoms with Crippen LogP contribution in [0.15, 0.2) is 54.7 Å². The van der Waals surface area contributed by atoms with Gasteiger partial charge in [-0.15, -0.1) is 0 Å². The topological polar surface area (TPSA) is 45.6 Å². The lowest BCUT2D eigenvalue weighted by Gasteiger charge is -2.32. The van der Waals surface area contributed by atoms with Crippen LogP contribution in [0.1, 0.15) is 47.2 Å². The molecule has 7 heteroatoms. The predicted molar refractivity (Wildman–Crippen MR) is 144 cm³/mol. The van der Waals surface area contributed by atoms with E-state index in [0.717, 1.165) is 56.6 Å². The lowest BCUT2D eigenvalue weighted by atomic mass is 9.96. The van der Waals surface area contributed by atoms with Crippen LogP contribution in [0.3, 0.4) is 0 Å². The second-order valence-corrected chi connectivity index (χ2v) is 9.80. The van der Waals surface area contributed by atoms with Crippen molar-refractivity contribution in [1.29, 1.82) is 0 Å². The zero-order valence-corrected chi connectivity index (χ0v) is 21.7. The number of hydrogen-bond donors (Lipinski definition) is 1. The highest BCUT2D eigenvalue weighted by atomic mass is 32.1. The molecule has 2 aromatic heterocycles. The van der Waals surface area contributed by atoms with Crippen LogP contribution in [0, 0.1) is 13.8 Å². The smallest absolute Gasteiger partial charge is 0.170 e. The van der Waals surface area contributed by atoms with Gasteiger partial charge in [0.2, 0.25) is 0 Å². The van der Waals surface area contributed by atoms with Crippen molar-refractivity contribution in [2.45, 2.75) is 39.3 Å². The van der Waals surface area contributed by atoms with E-state index in [1.807, 2.05) is 12.3 Å².